The van der Waals surface area contributed by atoms with Crippen LogP contribution >= 0.6 is 27.7 Å². The van der Waals surface area contributed by atoms with Crippen molar-refractivity contribution in [2.45, 2.75) is 12.7 Å². The fourth-order valence-corrected chi connectivity index (χ4v) is 3.72. The molecule has 0 saturated heterocycles. The molecule has 4 nitrogen and oxygen atoms in total. The molecule has 0 saturated carbocycles. The molecule has 6 heteroatoms. The van der Waals surface area contributed by atoms with E-state index in [4.69, 9.17) is 0 Å². The van der Waals surface area contributed by atoms with Crippen LogP contribution in [-0.2, 0) is 10.5 Å². The van der Waals surface area contributed by atoms with E-state index in [0.717, 1.165) is 27.2 Å². The number of carbonyl (C=O) groups excluding carboxylic acids is 1. The first-order valence-corrected chi connectivity index (χ1v) is 9.79. The summed E-state index contributed by atoms with van der Waals surface area (Å²) in [6, 6.07) is 16.0. The van der Waals surface area contributed by atoms with Crippen molar-refractivity contribution in [1.29, 1.82) is 0 Å². The van der Waals surface area contributed by atoms with Crippen LogP contribution in [0.25, 0.3) is 5.69 Å². The van der Waals surface area contributed by atoms with Gasteiger partial charge in [-0.2, -0.15) is 5.10 Å². The van der Waals surface area contributed by atoms with Crippen molar-refractivity contribution in [3.63, 3.8) is 0 Å². The highest BCUT2D eigenvalue weighted by molar-refractivity contribution is 9.10. The molecule has 1 aromatic heterocycles. The molecule has 0 aliphatic carbocycles. The Morgan fingerprint density at radius 2 is 2.04 bits per heavy atom. The summed E-state index contributed by atoms with van der Waals surface area (Å²) >= 11 is 5.07. The van der Waals surface area contributed by atoms with E-state index >= 15 is 0 Å². The van der Waals surface area contributed by atoms with E-state index in [9.17, 15) is 4.79 Å². The molecule has 3 aromatic rings. The molecule has 0 spiro atoms. The number of hydrogen-bond acceptors (Lipinski definition) is 3. The topological polar surface area (TPSA) is 46.9 Å². The molecule has 3 rings (SSSR count). The number of halogens is 1. The average molecular weight is 416 g/mol. The lowest BCUT2D eigenvalue weighted by Crippen LogP contribution is -2.14. The van der Waals surface area contributed by atoms with Gasteiger partial charge in [0.05, 0.1) is 17.1 Å². The Balaban J connectivity index is 1.48. The van der Waals surface area contributed by atoms with Crippen LogP contribution in [0, 0.1) is 6.92 Å². The first kappa shape index (κ1) is 17.8. The van der Waals surface area contributed by atoms with Crippen molar-refractivity contribution in [2.75, 3.05) is 11.1 Å². The molecule has 2 aromatic carbocycles. The third-order valence-corrected chi connectivity index (χ3v) is 5.27. The van der Waals surface area contributed by atoms with Crippen molar-refractivity contribution in [3.8, 4) is 5.69 Å². The monoisotopic (exact) mass is 415 g/mol. The van der Waals surface area contributed by atoms with Crippen LogP contribution in [0.3, 0.4) is 0 Å². The van der Waals surface area contributed by atoms with Gasteiger partial charge >= 0.3 is 0 Å². The molecule has 25 heavy (non-hydrogen) atoms. The number of carbonyl (C=O) groups is 1. The summed E-state index contributed by atoms with van der Waals surface area (Å²) in [7, 11) is 0. The van der Waals surface area contributed by atoms with Crippen LogP contribution in [0.1, 0.15) is 11.1 Å². The van der Waals surface area contributed by atoms with Crippen LogP contribution in [0.5, 0.6) is 0 Å². The minimum atomic E-state index is 0.00251. The van der Waals surface area contributed by atoms with Gasteiger partial charge in [0.25, 0.3) is 0 Å². The number of nitrogens with one attached hydrogen (secondary N) is 1. The van der Waals surface area contributed by atoms with Crippen molar-refractivity contribution in [3.05, 3.63) is 76.5 Å². The maximum atomic E-state index is 12.1. The van der Waals surface area contributed by atoms with Gasteiger partial charge in [0.1, 0.15) is 0 Å². The zero-order valence-corrected chi connectivity index (χ0v) is 16.2. The van der Waals surface area contributed by atoms with Crippen LogP contribution in [0.4, 0.5) is 5.69 Å². The van der Waals surface area contributed by atoms with E-state index in [1.807, 2.05) is 54.2 Å². The fraction of sp³-hybridized carbons (Fsp3) is 0.158. The molecule has 0 unspecified atom stereocenters. The third-order valence-electron chi connectivity index (χ3n) is 3.61. The Morgan fingerprint density at radius 3 is 2.72 bits per heavy atom. The number of anilines is 1. The highest BCUT2D eigenvalue weighted by Gasteiger charge is 2.06. The minimum absolute atomic E-state index is 0.00251. The SMILES string of the molecule is Cc1ccc(NC(=O)CSCc2ccc(-n3cccn3)cc2)c(Br)c1. The van der Waals surface area contributed by atoms with Gasteiger partial charge < -0.3 is 5.32 Å². The number of thioether (sulfide) groups is 1. The van der Waals surface area contributed by atoms with E-state index < -0.39 is 0 Å². The Labute approximate surface area is 159 Å². The van der Waals surface area contributed by atoms with E-state index in [0.29, 0.717) is 5.75 Å². The molecule has 0 atom stereocenters. The van der Waals surface area contributed by atoms with Crippen LogP contribution in [0.2, 0.25) is 0 Å². The largest absolute Gasteiger partial charge is 0.324 e. The number of hydrogen-bond donors (Lipinski definition) is 1. The van der Waals surface area contributed by atoms with Gasteiger partial charge in [-0.05, 0) is 64.3 Å². The number of aryl methyl sites for hydroxylation is 1. The lowest BCUT2D eigenvalue weighted by atomic mass is 10.2. The Hall–Kier alpha value is -2.05. The first-order chi connectivity index (χ1) is 12.1. The summed E-state index contributed by atoms with van der Waals surface area (Å²) < 4.78 is 2.73. The van der Waals surface area contributed by atoms with Crippen LogP contribution in [-0.4, -0.2) is 21.4 Å². The van der Waals surface area contributed by atoms with Gasteiger partial charge in [0, 0.05) is 22.6 Å². The molecule has 0 fully saturated rings. The van der Waals surface area contributed by atoms with Gasteiger partial charge in [-0.25, -0.2) is 4.68 Å². The molecule has 0 aliphatic rings. The van der Waals surface area contributed by atoms with Crippen molar-refractivity contribution < 1.29 is 4.79 Å². The predicted molar refractivity (Wildman–Crippen MR) is 107 cm³/mol. The number of amides is 1. The molecular weight excluding hydrogens is 398 g/mol. The quantitative estimate of drug-likeness (QED) is 0.627. The summed E-state index contributed by atoms with van der Waals surface area (Å²) in [5.74, 6) is 1.21. The Bertz CT molecular complexity index is 848. The second-order valence-corrected chi connectivity index (χ2v) is 7.48. The number of benzene rings is 2. The molecule has 0 aliphatic heterocycles. The molecule has 1 N–H and O–H groups in total. The molecule has 0 radical (unpaired) electrons. The average Bonchev–Trinajstić information content (AvgIpc) is 3.13. The smallest absolute Gasteiger partial charge is 0.234 e. The standard InChI is InChI=1S/C19H18BrN3OS/c1-14-3-8-18(17(20)11-14)22-19(24)13-25-12-15-4-6-16(7-5-15)23-10-2-9-21-23/h2-11H,12-13H2,1H3,(H,22,24). The van der Waals surface area contributed by atoms with Gasteiger partial charge in [-0.15, -0.1) is 11.8 Å². The number of aromatic nitrogens is 2. The van der Waals surface area contributed by atoms with Crippen molar-refractivity contribution in [2.24, 2.45) is 0 Å². The van der Waals surface area contributed by atoms with E-state index in [1.165, 1.54) is 5.56 Å². The Morgan fingerprint density at radius 1 is 1.24 bits per heavy atom. The Kier molecular flexibility index (Phi) is 5.94. The van der Waals surface area contributed by atoms with Crippen LogP contribution in [0.15, 0.2) is 65.4 Å². The summed E-state index contributed by atoms with van der Waals surface area (Å²) in [6.07, 6.45) is 3.67. The normalized spacial score (nSPS) is 10.6. The fourth-order valence-electron chi connectivity index (χ4n) is 2.34. The first-order valence-electron chi connectivity index (χ1n) is 7.84. The molecule has 1 amide bonds. The molecule has 0 bridgehead atoms. The summed E-state index contributed by atoms with van der Waals surface area (Å²) in [5.41, 5.74) is 4.17. The summed E-state index contributed by atoms with van der Waals surface area (Å²) in [4.78, 5) is 12.1. The van der Waals surface area contributed by atoms with E-state index in [-0.39, 0.29) is 5.91 Å². The van der Waals surface area contributed by atoms with Crippen molar-refractivity contribution in [1.82, 2.24) is 9.78 Å². The number of nitrogens with zero attached hydrogens (tertiary/aromatic N) is 2. The van der Waals surface area contributed by atoms with E-state index in [2.05, 4.69) is 38.5 Å². The van der Waals surface area contributed by atoms with Crippen molar-refractivity contribution >= 4 is 39.3 Å². The van der Waals surface area contributed by atoms with Crippen LogP contribution < -0.4 is 5.32 Å². The highest BCUT2D eigenvalue weighted by atomic mass is 79.9. The minimum Gasteiger partial charge on any atom is -0.324 e. The van der Waals surface area contributed by atoms with Gasteiger partial charge in [0.15, 0.2) is 0 Å². The van der Waals surface area contributed by atoms with Gasteiger partial charge in [-0.1, -0.05) is 18.2 Å². The summed E-state index contributed by atoms with van der Waals surface area (Å²) in [6.45, 7) is 2.02. The zero-order chi connectivity index (χ0) is 17.6. The second-order valence-electron chi connectivity index (χ2n) is 5.64. The van der Waals surface area contributed by atoms with E-state index in [1.54, 1.807) is 18.0 Å². The summed E-state index contributed by atoms with van der Waals surface area (Å²) in [5, 5.41) is 7.14. The zero-order valence-electron chi connectivity index (χ0n) is 13.8. The third kappa shape index (κ3) is 4.96. The molecule has 1 heterocycles. The molecule has 128 valence electrons. The van der Waals surface area contributed by atoms with Gasteiger partial charge in [-0.3, -0.25) is 4.79 Å². The lowest BCUT2D eigenvalue weighted by Gasteiger charge is -2.08. The molecular formula is C19H18BrN3OS. The maximum Gasteiger partial charge on any atom is 0.234 e. The second kappa shape index (κ2) is 8.36. The highest BCUT2D eigenvalue weighted by Crippen LogP contribution is 2.23. The van der Waals surface area contributed by atoms with Gasteiger partial charge in [0.2, 0.25) is 5.91 Å². The number of rotatable bonds is 6. The lowest BCUT2D eigenvalue weighted by molar-refractivity contribution is -0.113. The predicted octanol–water partition coefficient (Wildman–Crippen LogP) is 4.82. The maximum absolute atomic E-state index is 12.1.